The molecule has 1 nitrogen and oxygen atoms in total. The fraction of sp³-hybridized carbons (Fsp3) is 0.286. The summed E-state index contributed by atoms with van der Waals surface area (Å²) in [4.78, 5) is 9.99. The molecule has 0 bridgehead atoms. The molecule has 67 valence electrons. The number of carbonyl (C=O) groups excluding carboxylic acids is 1. The molecule has 0 spiro atoms. The van der Waals surface area contributed by atoms with E-state index < -0.39 is 0 Å². The molecule has 0 atom stereocenters. The number of hydrogen-bond donors (Lipinski definition) is 0. The van der Waals surface area contributed by atoms with Crippen LogP contribution in [-0.2, 0) is 21.6 Å². The Morgan fingerprint density at radius 1 is 1.45 bits per heavy atom. The van der Waals surface area contributed by atoms with E-state index in [-0.39, 0.29) is 50.7 Å². The molecule has 0 saturated carbocycles. The van der Waals surface area contributed by atoms with E-state index in [4.69, 9.17) is 0 Å². The maximum absolute atomic E-state index is 9.99. The topological polar surface area (TPSA) is 17.1 Å². The van der Waals surface area contributed by atoms with Gasteiger partial charge in [-0.1, -0.05) is 0 Å². The Kier molecular flexibility index (Phi) is 14.0. The quantitative estimate of drug-likeness (QED) is 0.676. The smallest absolute Gasteiger partial charge is 0 e. The fourth-order valence-corrected chi connectivity index (χ4v) is 0.737. The van der Waals surface area contributed by atoms with E-state index in [0.717, 1.165) is 17.6 Å². The van der Waals surface area contributed by atoms with Gasteiger partial charge in [-0.25, -0.2) is 0 Å². The Bertz CT molecular complexity index is 175. The fourth-order valence-electron chi connectivity index (χ4n) is 0.737. The molecular weight excluding hydrogens is 319 g/mol. The first-order chi connectivity index (χ1) is 3.84. The van der Waals surface area contributed by atoms with Gasteiger partial charge in [-0.15, -0.1) is 53.0 Å². The van der Waals surface area contributed by atoms with Gasteiger partial charge in [-0.05, 0) is 12.7 Å². The van der Waals surface area contributed by atoms with E-state index >= 15 is 0 Å². The molecule has 0 aromatic rings. The molecule has 0 aliphatic heterocycles. The molecular formula is C7H9Br2CoO-. The first-order valence-corrected chi connectivity index (χ1v) is 2.59. The third kappa shape index (κ3) is 4.95. The molecule has 4 heteroatoms. The van der Waals surface area contributed by atoms with Gasteiger partial charge in [0, 0.05) is 16.8 Å². The van der Waals surface area contributed by atoms with Crippen molar-refractivity contribution < 1.29 is 21.6 Å². The molecule has 11 heavy (non-hydrogen) atoms. The van der Waals surface area contributed by atoms with Gasteiger partial charge in [0.05, 0.1) is 0 Å². The molecule has 0 saturated heterocycles. The first kappa shape index (κ1) is 17.6. The predicted molar refractivity (Wildman–Crippen MR) is 52.8 cm³/mol. The summed E-state index contributed by atoms with van der Waals surface area (Å²) in [6, 6.07) is 0. The number of allylic oxidation sites excluding steroid dienone is 4. The van der Waals surface area contributed by atoms with E-state index in [1.165, 1.54) is 0 Å². The second-order valence-corrected chi connectivity index (χ2v) is 1.87. The molecule has 0 aromatic carbocycles. The number of hydrogen-bond acceptors (Lipinski definition) is 1. The Morgan fingerprint density at radius 2 is 2.00 bits per heavy atom. The van der Waals surface area contributed by atoms with E-state index in [0.29, 0.717) is 0 Å². The molecule has 0 unspecified atom stereocenters. The summed E-state index contributed by atoms with van der Waals surface area (Å²) in [6.07, 6.45) is 6.57. The molecule has 0 heterocycles. The van der Waals surface area contributed by atoms with Gasteiger partial charge in [0.15, 0.2) is 0 Å². The van der Waals surface area contributed by atoms with E-state index in [1.807, 2.05) is 25.4 Å². The molecule has 0 aromatic heterocycles. The Labute approximate surface area is 98.1 Å². The van der Waals surface area contributed by atoms with Gasteiger partial charge in [0.2, 0.25) is 0 Å². The second-order valence-electron chi connectivity index (χ2n) is 1.87. The van der Waals surface area contributed by atoms with Crippen LogP contribution in [0.2, 0.25) is 0 Å². The van der Waals surface area contributed by atoms with Crippen molar-refractivity contribution in [1.82, 2.24) is 0 Å². The Morgan fingerprint density at radius 3 is 2.18 bits per heavy atom. The van der Waals surface area contributed by atoms with E-state index in [1.54, 1.807) is 0 Å². The van der Waals surface area contributed by atoms with Crippen molar-refractivity contribution in [1.29, 1.82) is 0 Å². The van der Waals surface area contributed by atoms with Crippen LogP contribution in [0, 0.1) is 0 Å². The predicted octanol–water partition coefficient (Wildman–Crippen LogP) is 2.53. The largest absolute Gasteiger partial charge is 0.419 e. The van der Waals surface area contributed by atoms with Gasteiger partial charge in [0.25, 0.3) is 0 Å². The van der Waals surface area contributed by atoms with Crippen LogP contribution < -0.4 is 0 Å². The minimum absolute atomic E-state index is 0. The average Bonchev–Trinajstić information content (AvgIpc) is 2.14. The van der Waals surface area contributed by atoms with Gasteiger partial charge in [0.1, 0.15) is 0 Å². The summed E-state index contributed by atoms with van der Waals surface area (Å²) < 4.78 is 0. The normalized spacial score (nSPS) is 12.8. The minimum atomic E-state index is 0. The molecule has 1 rings (SSSR count). The molecule has 1 radical (unpaired) electrons. The summed E-state index contributed by atoms with van der Waals surface area (Å²) >= 11 is 0. The molecule has 0 N–H and O–H groups in total. The van der Waals surface area contributed by atoms with Crippen LogP contribution in [0.3, 0.4) is 0 Å². The number of rotatable bonds is 1. The monoisotopic (exact) mass is 326 g/mol. The third-order valence-electron chi connectivity index (χ3n) is 1.29. The van der Waals surface area contributed by atoms with Crippen molar-refractivity contribution in [2.45, 2.75) is 13.3 Å². The van der Waals surface area contributed by atoms with Crippen LogP contribution in [0.25, 0.3) is 0 Å². The van der Waals surface area contributed by atoms with Crippen LogP contribution in [0.15, 0.2) is 23.3 Å². The number of halogens is 2. The van der Waals surface area contributed by atoms with Gasteiger partial charge < -0.3 is 4.79 Å². The van der Waals surface area contributed by atoms with Crippen molar-refractivity contribution in [2.75, 3.05) is 0 Å². The SMILES string of the molecule is Br.Br.CC1=C([C-]=O)CC=C1.[Co]. The second kappa shape index (κ2) is 8.71. The zero-order chi connectivity index (χ0) is 5.98. The summed E-state index contributed by atoms with van der Waals surface area (Å²) in [6.45, 7) is 1.92. The maximum Gasteiger partial charge on any atom is 0 e. The summed E-state index contributed by atoms with van der Waals surface area (Å²) in [5.41, 5.74) is 1.85. The Balaban J connectivity index is -0.000000213. The van der Waals surface area contributed by atoms with Crippen molar-refractivity contribution >= 4 is 40.2 Å². The van der Waals surface area contributed by atoms with Crippen LogP contribution >= 0.6 is 34.0 Å². The first-order valence-electron chi connectivity index (χ1n) is 2.59. The summed E-state index contributed by atoms with van der Waals surface area (Å²) in [7, 11) is 0. The van der Waals surface area contributed by atoms with E-state index in [2.05, 4.69) is 0 Å². The standard InChI is InChI=1S/C7H7O.2BrH.Co/c1-6-3-2-4-7(6)5-8;;;/h2-3H,4H2,1H3;2*1H;/q-1;;;. The molecule has 1 aliphatic rings. The van der Waals surface area contributed by atoms with Gasteiger partial charge >= 0.3 is 0 Å². The molecule has 1 aliphatic carbocycles. The van der Waals surface area contributed by atoms with Gasteiger partial charge in [-0.3, -0.25) is 0 Å². The Hall–Kier alpha value is 0.616. The van der Waals surface area contributed by atoms with Crippen LogP contribution in [0.4, 0.5) is 0 Å². The minimum Gasteiger partial charge on any atom is -0.419 e. The third-order valence-corrected chi connectivity index (χ3v) is 1.29. The van der Waals surface area contributed by atoms with Crippen LogP contribution in [0.1, 0.15) is 13.3 Å². The summed E-state index contributed by atoms with van der Waals surface area (Å²) in [5.74, 6) is 0. The van der Waals surface area contributed by atoms with Gasteiger partial charge in [-0.2, -0.15) is 11.1 Å². The van der Waals surface area contributed by atoms with Crippen molar-refractivity contribution in [3.05, 3.63) is 23.3 Å². The zero-order valence-electron chi connectivity index (χ0n) is 5.92. The van der Waals surface area contributed by atoms with Crippen LogP contribution in [-0.4, -0.2) is 6.29 Å². The van der Waals surface area contributed by atoms with Crippen molar-refractivity contribution in [3.63, 3.8) is 0 Å². The van der Waals surface area contributed by atoms with Crippen molar-refractivity contribution in [3.8, 4) is 0 Å². The molecule has 0 amide bonds. The van der Waals surface area contributed by atoms with Crippen molar-refractivity contribution in [2.24, 2.45) is 0 Å². The average molecular weight is 328 g/mol. The zero-order valence-corrected chi connectivity index (χ0v) is 10.4. The van der Waals surface area contributed by atoms with Crippen LogP contribution in [0.5, 0.6) is 0 Å². The summed E-state index contributed by atoms with van der Waals surface area (Å²) in [5, 5.41) is 0. The molecule has 0 fully saturated rings. The van der Waals surface area contributed by atoms with E-state index in [9.17, 15) is 4.79 Å². The maximum atomic E-state index is 9.99.